The van der Waals surface area contributed by atoms with Crippen molar-refractivity contribution in [1.82, 2.24) is 9.80 Å². The molecule has 0 radical (unpaired) electrons. The Balaban J connectivity index is 1.68. The average molecular weight is 374 g/mol. The maximum atomic E-state index is 12.6. The van der Waals surface area contributed by atoms with Gasteiger partial charge in [-0.2, -0.15) is 0 Å². The zero-order valence-electron chi connectivity index (χ0n) is 15.2. The Morgan fingerprint density at radius 3 is 2.50 bits per heavy atom. The number of benzene rings is 1. The zero-order valence-corrected chi connectivity index (χ0v) is 16.0. The second-order valence-electron chi connectivity index (χ2n) is 6.18. The van der Waals surface area contributed by atoms with Crippen LogP contribution in [0.2, 0.25) is 0 Å². The van der Waals surface area contributed by atoms with Gasteiger partial charge in [-0.15, -0.1) is 11.3 Å². The normalized spacial score (nSPS) is 13.1. The molecule has 1 aliphatic rings. The summed E-state index contributed by atoms with van der Waals surface area (Å²) in [6.07, 6.45) is 0.754. The van der Waals surface area contributed by atoms with E-state index in [1.807, 2.05) is 23.6 Å². The highest BCUT2D eigenvalue weighted by atomic mass is 32.1. The Morgan fingerprint density at radius 2 is 1.88 bits per heavy atom. The van der Waals surface area contributed by atoms with E-state index < -0.39 is 0 Å². The topological polar surface area (TPSA) is 59.1 Å². The first-order valence-corrected chi connectivity index (χ1v) is 9.22. The van der Waals surface area contributed by atoms with Crippen LogP contribution in [0.4, 0.5) is 0 Å². The minimum atomic E-state index is -0.128. The van der Waals surface area contributed by atoms with Crippen molar-refractivity contribution in [2.24, 2.45) is 0 Å². The summed E-state index contributed by atoms with van der Waals surface area (Å²) in [4.78, 5) is 28.9. The van der Waals surface area contributed by atoms with Crippen LogP contribution in [0.15, 0.2) is 29.6 Å². The minimum absolute atomic E-state index is 0.0576. The van der Waals surface area contributed by atoms with E-state index in [-0.39, 0.29) is 18.4 Å². The molecule has 0 unspecified atom stereocenters. The second-order valence-corrected chi connectivity index (χ2v) is 7.13. The van der Waals surface area contributed by atoms with Gasteiger partial charge in [0, 0.05) is 20.1 Å². The smallest absolute Gasteiger partial charge is 0.264 e. The first-order valence-electron chi connectivity index (χ1n) is 8.34. The number of rotatable bonds is 5. The van der Waals surface area contributed by atoms with Crippen molar-refractivity contribution < 1.29 is 19.1 Å². The third-order valence-corrected chi connectivity index (χ3v) is 5.38. The lowest BCUT2D eigenvalue weighted by atomic mass is 9.98. The van der Waals surface area contributed by atoms with Crippen LogP contribution in [0.5, 0.6) is 11.5 Å². The lowest BCUT2D eigenvalue weighted by Crippen LogP contribution is -2.43. The number of hydrogen-bond donors (Lipinski definition) is 0. The minimum Gasteiger partial charge on any atom is -0.493 e. The molecule has 0 saturated carbocycles. The quantitative estimate of drug-likeness (QED) is 0.807. The van der Waals surface area contributed by atoms with E-state index in [1.165, 1.54) is 16.2 Å². The highest BCUT2D eigenvalue weighted by molar-refractivity contribution is 7.12. The van der Waals surface area contributed by atoms with Gasteiger partial charge in [-0.05, 0) is 41.1 Å². The summed E-state index contributed by atoms with van der Waals surface area (Å²) in [6.45, 7) is 1.21. The lowest BCUT2D eigenvalue weighted by molar-refractivity contribution is -0.132. The summed E-state index contributed by atoms with van der Waals surface area (Å²) in [6, 6.07) is 7.50. The molecule has 0 bridgehead atoms. The Hall–Kier alpha value is -2.54. The molecule has 1 aliphatic heterocycles. The van der Waals surface area contributed by atoms with Crippen LogP contribution in [0.1, 0.15) is 20.8 Å². The van der Waals surface area contributed by atoms with Crippen molar-refractivity contribution in [1.29, 1.82) is 0 Å². The van der Waals surface area contributed by atoms with E-state index in [4.69, 9.17) is 9.47 Å². The van der Waals surface area contributed by atoms with Gasteiger partial charge >= 0.3 is 0 Å². The maximum absolute atomic E-state index is 12.6. The number of likely N-dealkylation sites (N-methyl/N-ethyl adjacent to an activating group) is 1. The third-order valence-electron chi connectivity index (χ3n) is 4.52. The van der Waals surface area contributed by atoms with Gasteiger partial charge in [0.25, 0.3) is 5.91 Å². The summed E-state index contributed by atoms with van der Waals surface area (Å²) in [5, 5.41) is 1.85. The molecule has 7 heteroatoms. The first-order chi connectivity index (χ1) is 12.5. The molecule has 1 aromatic carbocycles. The average Bonchev–Trinajstić information content (AvgIpc) is 3.20. The van der Waals surface area contributed by atoms with Gasteiger partial charge in [0.05, 0.1) is 25.6 Å². The van der Waals surface area contributed by atoms with Crippen molar-refractivity contribution in [3.05, 3.63) is 45.6 Å². The number of ether oxygens (including phenoxy) is 2. The fourth-order valence-electron chi connectivity index (χ4n) is 3.06. The largest absolute Gasteiger partial charge is 0.493 e. The van der Waals surface area contributed by atoms with Gasteiger partial charge in [-0.25, -0.2) is 0 Å². The van der Waals surface area contributed by atoms with Gasteiger partial charge in [0.2, 0.25) is 5.91 Å². The molecule has 2 aromatic rings. The van der Waals surface area contributed by atoms with Crippen LogP contribution in [0.3, 0.4) is 0 Å². The summed E-state index contributed by atoms with van der Waals surface area (Å²) in [7, 11) is 4.87. The molecule has 26 heavy (non-hydrogen) atoms. The van der Waals surface area contributed by atoms with Gasteiger partial charge in [0.1, 0.15) is 0 Å². The van der Waals surface area contributed by atoms with Crippen LogP contribution < -0.4 is 9.47 Å². The predicted octanol–water partition coefficient (Wildman–Crippen LogP) is 2.42. The summed E-state index contributed by atoms with van der Waals surface area (Å²) in [5.74, 6) is 1.17. The van der Waals surface area contributed by atoms with Crippen molar-refractivity contribution in [2.75, 3.05) is 34.4 Å². The van der Waals surface area contributed by atoms with E-state index >= 15 is 0 Å². The van der Waals surface area contributed by atoms with Crippen molar-refractivity contribution >= 4 is 23.2 Å². The number of thiophene rings is 1. The molecule has 0 spiro atoms. The summed E-state index contributed by atoms with van der Waals surface area (Å²) in [5.41, 5.74) is 2.21. The van der Waals surface area contributed by atoms with Gasteiger partial charge < -0.3 is 19.3 Å². The SMILES string of the molecule is COc1cc2c(cc1OC)CN(C(=O)CN(C)C(=O)c1cccs1)CC2. The second kappa shape index (κ2) is 7.78. The van der Waals surface area contributed by atoms with Crippen molar-refractivity contribution in [3.63, 3.8) is 0 Å². The Bertz CT molecular complexity index is 804. The van der Waals surface area contributed by atoms with Gasteiger partial charge in [-0.3, -0.25) is 9.59 Å². The highest BCUT2D eigenvalue weighted by Crippen LogP contribution is 2.33. The maximum Gasteiger partial charge on any atom is 0.264 e. The van der Waals surface area contributed by atoms with E-state index in [0.717, 1.165) is 17.5 Å². The molecule has 2 heterocycles. The van der Waals surface area contributed by atoms with Crippen LogP contribution in [0.25, 0.3) is 0 Å². The van der Waals surface area contributed by atoms with Crippen LogP contribution >= 0.6 is 11.3 Å². The Morgan fingerprint density at radius 1 is 1.19 bits per heavy atom. The number of fused-ring (bicyclic) bond motifs is 1. The van der Waals surface area contributed by atoms with E-state index in [2.05, 4.69) is 0 Å². The number of nitrogens with zero attached hydrogens (tertiary/aromatic N) is 2. The molecule has 0 aliphatic carbocycles. The fourth-order valence-corrected chi connectivity index (χ4v) is 3.78. The van der Waals surface area contributed by atoms with Gasteiger partial charge in [0.15, 0.2) is 11.5 Å². The third kappa shape index (κ3) is 3.67. The number of carbonyl (C=O) groups excluding carboxylic acids is 2. The number of methoxy groups -OCH3 is 2. The van der Waals surface area contributed by atoms with E-state index in [0.29, 0.717) is 29.5 Å². The van der Waals surface area contributed by atoms with Gasteiger partial charge in [-0.1, -0.05) is 6.07 Å². The standard InChI is InChI=1S/C19H22N2O4S/c1-20(19(23)17-5-4-8-26-17)12-18(22)21-7-6-13-9-15(24-2)16(25-3)10-14(13)11-21/h4-5,8-10H,6-7,11-12H2,1-3H3. The van der Waals surface area contributed by atoms with Crippen LogP contribution in [0, 0.1) is 0 Å². The molecule has 0 N–H and O–H groups in total. The highest BCUT2D eigenvalue weighted by Gasteiger charge is 2.25. The summed E-state index contributed by atoms with van der Waals surface area (Å²) < 4.78 is 10.7. The van der Waals surface area contributed by atoms with Crippen LogP contribution in [-0.2, 0) is 17.8 Å². The molecular weight excluding hydrogens is 352 g/mol. The van der Waals surface area contributed by atoms with Crippen molar-refractivity contribution in [3.8, 4) is 11.5 Å². The Kier molecular flexibility index (Phi) is 5.46. The predicted molar refractivity (Wildman–Crippen MR) is 99.9 cm³/mol. The molecule has 6 nitrogen and oxygen atoms in total. The van der Waals surface area contributed by atoms with E-state index in [9.17, 15) is 9.59 Å². The lowest BCUT2D eigenvalue weighted by Gasteiger charge is -2.31. The molecule has 138 valence electrons. The van der Waals surface area contributed by atoms with Crippen molar-refractivity contribution in [2.45, 2.75) is 13.0 Å². The molecule has 1 aromatic heterocycles. The summed E-state index contributed by atoms with van der Waals surface area (Å²) >= 11 is 1.38. The number of hydrogen-bond acceptors (Lipinski definition) is 5. The molecule has 2 amide bonds. The Labute approximate surface area is 156 Å². The monoisotopic (exact) mass is 374 g/mol. The molecule has 0 saturated heterocycles. The molecular formula is C19H22N2O4S. The molecule has 0 atom stereocenters. The fraction of sp³-hybridized carbons (Fsp3) is 0.368. The van der Waals surface area contributed by atoms with Crippen LogP contribution in [-0.4, -0.2) is 56.0 Å². The number of carbonyl (C=O) groups is 2. The molecule has 3 rings (SSSR count). The molecule has 0 fully saturated rings. The zero-order chi connectivity index (χ0) is 18.7. The first kappa shape index (κ1) is 18.3. The van der Waals surface area contributed by atoms with E-state index in [1.54, 1.807) is 32.2 Å². The number of amides is 2.